The van der Waals surface area contributed by atoms with Gasteiger partial charge in [-0.2, -0.15) is 0 Å². The van der Waals surface area contributed by atoms with Crippen LogP contribution in [0.2, 0.25) is 0 Å². The minimum Gasteiger partial charge on any atom is -0.494 e. The van der Waals surface area contributed by atoms with Crippen molar-refractivity contribution in [1.82, 2.24) is 9.97 Å². The fraction of sp³-hybridized carbons (Fsp3) is 0.267. The fourth-order valence-electron chi connectivity index (χ4n) is 1.83. The molecule has 0 saturated heterocycles. The van der Waals surface area contributed by atoms with Crippen molar-refractivity contribution < 1.29 is 9.53 Å². The molecule has 4 nitrogen and oxygen atoms in total. The second-order valence-corrected chi connectivity index (χ2v) is 4.21. The van der Waals surface area contributed by atoms with E-state index < -0.39 is 0 Å². The average molecular weight is 256 g/mol. The number of hydrogen-bond acceptors (Lipinski definition) is 4. The molecule has 1 aromatic heterocycles. The van der Waals surface area contributed by atoms with Crippen molar-refractivity contribution in [2.75, 3.05) is 6.61 Å². The van der Waals surface area contributed by atoms with Crippen LogP contribution in [-0.4, -0.2) is 22.4 Å². The van der Waals surface area contributed by atoms with Crippen LogP contribution in [0.4, 0.5) is 0 Å². The molecule has 2 rings (SSSR count). The molecule has 0 saturated carbocycles. The maximum Gasteiger partial charge on any atom is 0.168 e. The summed E-state index contributed by atoms with van der Waals surface area (Å²) in [5, 5.41) is 0. The molecule has 0 atom stereocenters. The zero-order valence-electron chi connectivity index (χ0n) is 11.1. The Morgan fingerprint density at radius 2 is 2.16 bits per heavy atom. The van der Waals surface area contributed by atoms with E-state index in [1.54, 1.807) is 24.7 Å². The molecule has 1 aromatic carbocycles. The quantitative estimate of drug-likeness (QED) is 0.772. The summed E-state index contributed by atoms with van der Waals surface area (Å²) in [6.45, 7) is 4.49. The summed E-state index contributed by atoms with van der Waals surface area (Å²) in [5.74, 6) is 0.852. The number of carbonyl (C=O) groups excluding carboxylic acids is 1. The van der Waals surface area contributed by atoms with Crippen molar-refractivity contribution in [1.29, 1.82) is 0 Å². The number of ketones is 1. The Kier molecular flexibility index (Phi) is 4.23. The standard InChI is InChI=1S/C15H16N2O2/c1-3-19-15-5-4-12(8-11(15)2)14(18)9-13-10-16-6-7-17-13/h4-8,10H,3,9H2,1-2H3. The number of Topliss-reactive ketones (excluding diaryl/α,β-unsaturated/α-hetero) is 1. The Hall–Kier alpha value is -2.23. The summed E-state index contributed by atoms with van der Waals surface area (Å²) in [5.41, 5.74) is 2.32. The average Bonchev–Trinajstić information content (AvgIpc) is 2.42. The molecule has 1 heterocycles. The normalized spacial score (nSPS) is 10.2. The highest BCUT2D eigenvalue weighted by molar-refractivity contribution is 5.97. The van der Waals surface area contributed by atoms with Gasteiger partial charge in [0, 0.05) is 24.2 Å². The van der Waals surface area contributed by atoms with E-state index in [1.807, 2.05) is 26.0 Å². The zero-order valence-corrected chi connectivity index (χ0v) is 11.1. The van der Waals surface area contributed by atoms with Crippen LogP contribution in [0, 0.1) is 6.92 Å². The highest BCUT2D eigenvalue weighted by Gasteiger charge is 2.10. The van der Waals surface area contributed by atoms with Gasteiger partial charge in [-0.1, -0.05) is 0 Å². The molecule has 0 bridgehead atoms. The van der Waals surface area contributed by atoms with Crippen LogP contribution in [-0.2, 0) is 6.42 Å². The molecular weight excluding hydrogens is 240 g/mol. The van der Waals surface area contributed by atoms with Gasteiger partial charge in [0.1, 0.15) is 5.75 Å². The third-order valence-electron chi connectivity index (χ3n) is 2.76. The number of nitrogens with zero attached hydrogens (tertiary/aromatic N) is 2. The van der Waals surface area contributed by atoms with Crippen LogP contribution in [0.3, 0.4) is 0 Å². The number of aromatic nitrogens is 2. The van der Waals surface area contributed by atoms with Crippen LogP contribution in [0.1, 0.15) is 28.5 Å². The van der Waals surface area contributed by atoms with Gasteiger partial charge in [0.15, 0.2) is 5.78 Å². The lowest BCUT2D eigenvalue weighted by atomic mass is 10.0. The van der Waals surface area contributed by atoms with Crippen molar-refractivity contribution in [3.8, 4) is 5.75 Å². The Bertz CT molecular complexity index is 568. The first-order chi connectivity index (χ1) is 9.20. The molecule has 0 aliphatic rings. The third kappa shape index (κ3) is 3.37. The predicted octanol–water partition coefficient (Wildman–Crippen LogP) is 2.61. The molecule has 0 radical (unpaired) electrons. The largest absolute Gasteiger partial charge is 0.494 e. The highest BCUT2D eigenvalue weighted by atomic mass is 16.5. The van der Waals surface area contributed by atoms with E-state index in [-0.39, 0.29) is 12.2 Å². The molecule has 0 fully saturated rings. The molecule has 0 spiro atoms. The van der Waals surface area contributed by atoms with E-state index in [2.05, 4.69) is 9.97 Å². The van der Waals surface area contributed by atoms with Gasteiger partial charge in [0.2, 0.25) is 0 Å². The van der Waals surface area contributed by atoms with Gasteiger partial charge in [-0.25, -0.2) is 0 Å². The molecule has 0 unspecified atom stereocenters. The molecule has 2 aromatic rings. The summed E-state index contributed by atoms with van der Waals surface area (Å²) < 4.78 is 5.46. The van der Waals surface area contributed by atoms with E-state index in [9.17, 15) is 4.79 Å². The van der Waals surface area contributed by atoms with E-state index in [4.69, 9.17) is 4.74 Å². The van der Waals surface area contributed by atoms with Gasteiger partial charge in [0.25, 0.3) is 0 Å². The Balaban J connectivity index is 2.14. The molecule has 0 amide bonds. The van der Waals surface area contributed by atoms with Gasteiger partial charge in [-0.05, 0) is 37.6 Å². The molecular formula is C15H16N2O2. The number of rotatable bonds is 5. The summed E-state index contributed by atoms with van der Waals surface area (Å²) in [4.78, 5) is 20.2. The van der Waals surface area contributed by atoms with Gasteiger partial charge >= 0.3 is 0 Å². The van der Waals surface area contributed by atoms with E-state index in [0.29, 0.717) is 17.9 Å². The summed E-state index contributed by atoms with van der Waals surface area (Å²) in [6.07, 6.45) is 5.06. The van der Waals surface area contributed by atoms with E-state index >= 15 is 0 Å². The molecule has 0 aliphatic heterocycles. The SMILES string of the molecule is CCOc1ccc(C(=O)Cc2cnccn2)cc1C. The van der Waals surface area contributed by atoms with Gasteiger partial charge in [-0.15, -0.1) is 0 Å². The van der Waals surface area contributed by atoms with Crippen LogP contribution >= 0.6 is 0 Å². The van der Waals surface area contributed by atoms with Crippen molar-refractivity contribution >= 4 is 5.78 Å². The first-order valence-electron chi connectivity index (χ1n) is 6.22. The minimum absolute atomic E-state index is 0.0339. The Morgan fingerprint density at radius 3 is 2.79 bits per heavy atom. The first-order valence-corrected chi connectivity index (χ1v) is 6.22. The van der Waals surface area contributed by atoms with Crippen LogP contribution in [0.5, 0.6) is 5.75 Å². The number of ether oxygens (including phenoxy) is 1. The molecule has 98 valence electrons. The van der Waals surface area contributed by atoms with Gasteiger partial charge < -0.3 is 4.74 Å². The molecule has 0 N–H and O–H groups in total. The van der Waals surface area contributed by atoms with E-state index in [1.165, 1.54) is 0 Å². The Morgan fingerprint density at radius 1 is 1.32 bits per heavy atom. The highest BCUT2D eigenvalue weighted by Crippen LogP contribution is 2.19. The lowest BCUT2D eigenvalue weighted by molar-refractivity contribution is 0.0991. The van der Waals surface area contributed by atoms with Gasteiger partial charge in [-0.3, -0.25) is 14.8 Å². The van der Waals surface area contributed by atoms with Crippen molar-refractivity contribution in [3.05, 3.63) is 53.6 Å². The van der Waals surface area contributed by atoms with Crippen LogP contribution in [0.25, 0.3) is 0 Å². The van der Waals surface area contributed by atoms with Gasteiger partial charge in [0.05, 0.1) is 18.7 Å². The number of benzene rings is 1. The van der Waals surface area contributed by atoms with Crippen LogP contribution in [0.15, 0.2) is 36.8 Å². The third-order valence-corrected chi connectivity index (χ3v) is 2.76. The molecule has 0 aliphatic carbocycles. The molecule has 4 heteroatoms. The number of carbonyl (C=O) groups is 1. The minimum atomic E-state index is 0.0339. The summed E-state index contributed by atoms with van der Waals surface area (Å²) >= 11 is 0. The first kappa shape index (κ1) is 13.2. The van der Waals surface area contributed by atoms with E-state index in [0.717, 1.165) is 11.3 Å². The Labute approximate surface area is 112 Å². The zero-order chi connectivity index (χ0) is 13.7. The fourth-order valence-corrected chi connectivity index (χ4v) is 1.83. The number of hydrogen-bond donors (Lipinski definition) is 0. The predicted molar refractivity (Wildman–Crippen MR) is 72.4 cm³/mol. The van der Waals surface area contributed by atoms with Crippen molar-refractivity contribution in [3.63, 3.8) is 0 Å². The monoisotopic (exact) mass is 256 g/mol. The lowest BCUT2D eigenvalue weighted by Gasteiger charge is -2.08. The van der Waals surface area contributed by atoms with Crippen molar-refractivity contribution in [2.45, 2.75) is 20.3 Å². The topological polar surface area (TPSA) is 52.1 Å². The maximum atomic E-state index is 12.1. The van der Waals surface area contributed by atoms with Crippen LogP contribution < -0.4 is 4.74 Å². The second kappa shape index (κ2) is 6.09. The summed E-state index contributed by atoms with van der Waals surface area (Å²) in [7, 11) is 0. The maximum absolute atomic E-state index is 12.1. The number of aryl methyl sites for hydroxylation is 1. The second-order valence-electron chi connectivity index (χ2n) is 4.21. The van der Waals surface area contributed by atoms with Crippen molar-refractivity contribution in [2.24, 2.45) is 0 Å². The summed E-state index contributed by atoms with van der Waals surface area (Å²) in [6, 6.07) is 5.48. The smallest absolute Gasteiger partial charge is 0.168 e. The lowest BCUT2D eigenvalue weighted by Crippen LogP contribution is -2.06. The molecule has 19 heavy (non-hydrogen) atoms.